The minimum absolute atomic E-state index is 0.184. The molecule has 2 saturated heterocycles. The van der Waals surface area contributed by atoms with Crippen LogP contribution in [0.2, 0.25) is 10.0 Å². The Balaban J connectivity index is 0.000000243. The zero-order valence-electron chi connectivity index (χ0n) is 25.8. The van der Waals surface area contributed by atoms with Gasteiger partial charge in [0.15, 0.2) is 0 Å². The number of methoxy groups -OCH3 is 2. The first kappa shape index (κ1) is 37.0. The summed E-state index contributed by atoms with van der Waals surface area (Å²) in [5.41, 5.74) is 1.28. The van der Waals surface area contributed by atoms with E-state index >= 15 is 0 Å². The highest BCUT2D eigenvalue weighted by Crippen LogP contribution is 2.15. The molecule has 0 bridgehead atoms. The van der Waals surface area contributed by atoms with Crippen LogP contribution < -0.4 is 10.6 Å². The van der Waals surface area contributed by atoms with Crippen LogP contribution in [0.1, 0.15) is 36.7 Å². The van der Waals surface area contributed by atoms with Crippen molar-refractivity contribution in [3.63, 3.8) is 0 Å². The standard InChI is InChI=1S/C13H17ClN2O2.C11H20N2O4.C7H5ClO/c1-18-13(17)12-8-15-6-7-16(12)9-10-2-4-11(14)5-3-10;1-11(2,3)17-10(15)13-6-5-12-8(7-13)9(14)16-4;8-7-3-1-6(5-9)2-4-7/h2-5,12,15H,6-9H2,1H3;8,12H,5-7H2,1-4H3;1-5H/t12-;8-;/m11./s1. The Kier molecular flexibility index (Phi) is 15.6. The van der Waals surface area contributed by atoms with E-state index in [1.165, 1.54) is 19.1 Å². The van der Waals surface area contributed by atoms with Gasteiger partial charge in [0, 0.05) is 54.9 Å². The van der Waals surface area contributed by atoms with Crippen molar-refractivity contribution in [2.75, 3.05) is 53.5 Å². The summed E-state index contributed by atoms with van der Waals surface area (Å²) in [7, 11) is 2.76. The Hall–Kier alpha value is -3.22. The molecule has 2 atom stereocenters. The van der Waals surface area contributed by atoms with E-state index in [2.05, 4.69) is 20.3 Å². The number of nitrogens with one attached hydrogen (secondary N) is 2. The van der Waals surface area contributed by atoms with E-state index in [0.717, 1.165) is 36.5 Å². The average Bonchev–Trinajstić information content (AvgIpc) is 3.02. The van der Waals surface area contributed by atoms with E-state index in [0.29, 0.717) is 30.2 Å². The van der Waals surface area contributed by atoms with Crippen LogP contribution in [-0.4, -0.2) is 105 Å². The number of piperazine rings is 2. The van der Waals surface area contributed by atoms with Crippen LogP contribution in [-0.2, 0) is 30.3 Å². The molecule has 2 N–H and O–H groups in total. The fraction of sp³-hybridized carbons (Fsp3) is 0.484. The molecule has 2 fully saturated rings. The number of nitrogens with zero attached hydrogens (tertiary/aromatic N) is 2. The maximum atomic E-state index is 11.8. The van der Waals surface area contributed by atoms with Gasteiger partial charge in [-0.2, -0.15) is 0 Å². The van der Waals surface area contributed by atoms with Gasteiger partial charge < -0.3 is 29.7 Å². The third-order valence-corrected chi connectivity index (χ3v) is 6.95. The number of hydrogen-bond donors (Lipinski definition) is 2. The van der Waals surface area contributed by atoms with Crippen molar-refractivity contribution in [3.8, 4) is 0 Å². The van der Waals surface area contributed by atoms with Crippen molar-refractivity contribution < 1.29 is 33.4 Å². The maximum absolute atomic E-state index is 11.8. The van der Waals surface area contributed by atoms with E-state index < -0.39 is 17.7 Å². The third kappa shape index (κ3) is 13.2. The van der Waals surface area contributed by atoms with Crippen LogP contribution in [0, 0.1) is 0 Å². The summed E-state index contributed by atoms with van der Waals surface area (Å²) in [4.78, 5) is 48.6. The van der Waals surface area contributed by atoms with Crippen LogP contribution in [0.4, 0.5) is 4.79 Å². The first-order valence-corrected chi connectivity index (χ1v) is 14.9. The lowest BCUT2D eigenvalue weighted by molar-refractivity contribution is -0.148. The molecule has 2 aliphatic heterocycles. The molecule has 0 saturated carbocycles. The predicted octanol–water partition coefficient (Wildman–Crippen LogP) is 3.81. The van der Waals surface area contributed by atoms with Gasteiger partial charge in [0.05, 0.1) is 20.8 Å². The highest BCUT2D eigenvalue weighted by Gasteiger charge is 2.31. The minimum atomic E-state index is -0.525. The first-order valence-electron chi connectivity index (χ1n) is 14.1. The van der Waals surface area contributed by atoms with Gasteiger partial charge in [0.2, 0.25) is 0 Å². The van der Waals surface area contributed by atoms with Gasteiger partial charge in [0.1, 0.15) is 24.0 Å². The summed E-state index contributed by atoms with van der Waals surface area (Å²) in [5.74, 6) is -0.547. The Bertz CT molecular complexity index is 1210. The van der Waals surface area contributed by atoms with Crippen LogP contribution in [0.3, 0.4) is 0 Å². The predicted molar refractivity (Wildman–Crippen MR) is 169 cm³/mol. The van der Waals surface area contributed by atoms with E-state index in [1.807, 2.05) is 45.0 Å². The molecule has 0 aliphatic carbocycles. The number of hydrogen-bond acceptors (Lipinski definition) is 10. The summed E-state index contributed by atoms with van der Waals surface area (Å²) in [5, 5.41) is 7.58. The van der Waals surface area contributed by atoms with E-state index in [1.54, 1.807) is 24.3 Å². The molecule has 2 heterocycles. The first-order chi connectivity index (χ1) is 20.9. The Morgan fingerprint density at radius 1 is 0.909 bits per heavy atom. The summed E-state index contributed by atoms with van der Waals surface area (Å²) < 4.78 is 14.7. The molecule has 4 rings (SSSR count). The van der Waals surface area contributed by atoms with E-state index in [4.69, 9.17) is 32.7 Å². The van der Waals surface area contributed by atoms with Crippen molar-refractivity contribution in [1.29, 1.82) is 0 Å². The highest BCUT2D eigenvalue weighted by atomic mass is 35.5. The highest BCUT2D eigenvalue weighted by molar-refractivity contribution is 6.30. The zero-order valence-corrected chi connectivity index (χ0v) is 27.3. The molecule has 2 aliphatic rings. The van der Waals surface area contributed by atoms with Crippen LogP contribution >= 0.6 is 23.2 Å². The molecule has 0 aromatic heterocycles. The Labute approximate surface area is 269 Å². The van der Waals surface area contributed by atoms with Gasteiger partial charge in [0.25, 0.3) is 0 Å². The van der Waals surface area contributed by atoms with Gasteiger partial charge in [-0.1, -0.05) is 47.5 Å². The van der Waals surface area contributed by atoms with Crippen molar-refractivity contribution >= 4 is 47.5 Å². The lowest BCUT2D eigenvalue weighted by Gasteiger charge is -2.34. The average molecular weight is 654 g/mol. The molecule has 242 valence electrons. The number of aldehydes is 1. The topological polar surface area (TPSA) is 127 Å². The number of carbonyl (C=O) groups is 4. The number of carbonyl (C=O) groups excluding carboxylic acids is 4. The van der Waals surface area contributed by atoms with Crippen LogP contribution in [0.5, 0.6) is 0 Å². The maximum Gasteiger partial charge on any atom is 0.410 e. The quantitative estimate of drug-likeness (QED) is 0.280. The summed E-state index contributed by atoms with van der Waals surface area (Å²) in [6.07, 6.45) is 0.393. The van der Waals surface area contributed by atoms with E-state index in [-0.39, 0.29) is 24.5 Å². The van der Waals surface area contributed by atoms with Crippen molar-refractivity contribution in [2.45, 2.75) is 45.0 Å². The lowest BCUT2D eigenvalue weighted by atomic mass is 10.1. The molecule has 0 spiro atoms. The van der Waals surface area contributed by atoms with Gasteiger partial charge in [-0.25, -0.2) is 4.79 Å². The molecular formula is C31H42Cl2N4O7. The Morgan fingerprint density at radius 2 is 1.50 bits per heavy atom. The van der Waals surface area contributed by atoms with Gasteiger partial charge in [-0.15, -0.1) is 0 Å². The number of benzene rings is 2. The molecular weight excluding hydrogens is 611 g/mol. The molecule has 44 heavy (non-hydrogen) atoms. The molecule has 0 radical (unpaired) electrons. The fourth-order valence-electron chi connectivity index (χ4n) is 4.21. The second-order valence-electron chi connectivity index (χ2n) is 11.0. The van der Waals surface area contributed by atoms with E-state index in [9.17, 15) is 19.2 Å². The smallest absolute Gasteiger partial charge is 0.410 e. The largest absolute Gasteiger partial charge is 0.468 e. The van der Waals surface area contributed by atoms with Crippen molar-refractivity contribution in [1.82, 2.24) is 20.4 Å². The second-order valence-corrected chi connectivity index (χ2v) is 11.8. The second kappa shape index (κ2) is 18.6. The normalized spacial score (nSPS) is 18.4. The SMILES string of the molecule is COC(=O)[C@H]1CN(C(=O)OC(C)(C)C)CCN1.COC(=O)[C@H]1CNCCN1Cc1ccc(Cl)cc1.O=Cc1ccc(Cl)cc1. The van der Waals surface area contributed by atoms with Crippen LogP contribution in [0.25, 0.3) is 0 Å². The molecule has 11 nitrogen and oxygen atoms in total. The van der Waals surface area contributed by atoms with Crippen molar-refractivity contribution in [2.24, 2.45) is 0 Å². The molecule has 2 aromatic rings. The number of halogens is 2. The molecule has 2 aromatic carbocycles. The summed E-state index contributed by atoms with van der Waals surface area (Å²) in [6, 6.07) is 13.7. The number of amides is 1. The number of esters is 2. The minimum Gasteiger partial charge on any atom is -0.468 e. The van der Waals surface area contributed by atoms with Crippen molar-refractivity contribution in [3.05, 3.63) is 69.7 Å². The number of rotatable bonds is 5. The molecule has 0 unspecified atom stereocenters. The monoisotopic (exact) mass is 652 g/mol. The summed E-state index contributed by atoms with van der Waals surface area (Å²) in [6.45, 7) is 9.89. The molecule has 1 amide bonds. The Morgan fingerprint density at radius 3 is 2.05 bits per heavy atom. The third-order valence-electron chi connectivity index (χ3n) is 6.45. The van der Waals surface area contributed by atoms with Gasteiger partial charge >= 0.3 is 18.0 Å². The fourth-order valence-corrected chi connectivity index (χ4v) is 4.46. The summed E-state index contributed by atoms with van der Waals surface area (Å²) >= 11 is 11.4. The van der Waals surface area contributed by atoms with Crippen LogP contribution in [0.15, 0.2) is 48.5 Å². The van der Waals surface area contributed by atoms with Gasteiger partial charge in [-0.05, 0) is 50.6 Å². The lowest BCUT2D eigenvalue weighted by Crippen LogP contribution is -2.56. The van der Waals surface area contributed by atoms with Gasteiger partial charge in [-0.3, -0.25) is 19.3 Å². The number of ether oxygens (including phenoxy) is 3. The molecule has 13 heteroatoms. The zero-order chi connectivity index (χ0) is 32.7.